The van der Waals surface area contributed by atoms with E-state index in [2.05, 4.69) is 60.7 Å². The lowest BCUT2D eigenvalue weighted by Crippen LogP contribution is -2.37. The van der Waals surface area contributed by atoms with Crippen LogP contribution in [-0.4, -0.2) is 23.4 Å². The zero-order valence-electron chi connectivity index (χ0n) is 31.5. The third-order valence-corrected chi connectivity index (χ3v) is 13.3. The van der Waals surface area contributed by atoms with Gasteiger partial charge in [0.15, 0.2) is 17.5 Å². The fraction of sp³-hybridized carbons (Fsp3) is 0.0192. The van der Waals surface area contributed by atoms with Crippen LogP contribution >= 0.6 is 0 Å². The van der Waals surface area contributed by atoms with E-state index in [1.54, 1.807) is 24.3 Å². The molecule has 1 aliphatic rings. The number of fused-ring (bicyclic) bond motifs is 5. The molecule has 0 radical (unpaired) electrons. The van der Waals surface area contributed by atoms with Crippen molar-refractivity contribution >= 4 is 31.8 Å². The van der Waals surface area contributed by atoms with Gasteiger partial charge in [0.1, 0.15) is 11.2 Å². The summed E-state index contributed by atoms with van der Waals surface area (Å²) >= 11 is 0. The minimum Gasteiger partial charge on any atom is -0.456 e. The van der Waals surface area contributed by atoms with Gasteiger partial charge in [0.05, 0.1) is 15.2 Å². The SMILES string of the molecule is O=S1(=O)c2ccccc2C(c2ccccc2)(c2ccc(-c3ccc(-c4nc(-c5ccccc5)nc(-c5ccc6c(c5)oc5ccccc56)n4)cc3)cc2)c2ccccc21. The highest BCUT2D eigenvalue weighted by Crippen LogP contribution is 2.53. The Hall–Kier alpha value is -7.48. The number of hydrogen-bond acceptors (Lipinski definition) is 6. The van der Waals surface area contributed by atoms with Gasteiger partial charge in [0.25, 0.3) is 0 Å². The van der Waals surface area contributed by atoms with Crippen molar-refractivity contribution in [3.63, 3.8) is 0 Å². The predicted molar refractivity (Wildman–Crippen MR) is 233 cm³/mol. The first-order chi connectivity index (χ1) is 29.0. The zero-order chi connectivity index (χ0) is 39.6. The van der Waals surface area contributed by atoms with Crippen LogP contribution in [0, 0.1) is 0 Å². The average Bonchev–Trinajstić information content (AvgIpc) is 3.68. The lowest BCUT2D eigenvalue weighted by molar-refractivity contribution is 0.579. The van der Waals surface area contributed by atoms with E-state index in [4.69, 9.17) is 19.4 Å². The molecule has 6 nitrogen and oxygen atoms in total. The molecule has 0 N–H and O–H groups in total. The van der Waals surface area contributed by atoms with Crippen LogP contribution in [0.3, 0.4) is 0 Å². The molecular weight excluding hydrogens is 747 g/mol. The van der Waals surface area contributed by atoms with E-state index < -0.39 is 15.3 Å². The van der Waals surface area contributed by atoms with Crippen LogP contribution in [0.25, 0.3) is 67.2 Å². The van der Waals surface area contributed by atoms with E-state index in [1.165, 1.54) is 0 Å². The van der Waals surface area contributed by atoms with Crippen molar-refractivity contribution in [2.75, 3.05) is 0 Å². The smallest absolute Gasteiger partial charge is 0.207 e. The third kappa shape index (κ3) is 5.54. The normalized spacial score (nSPS) is 13.8. The van der Waals surface area contributed by atoms with Crippen molar-refractivity contribution in [3.05, 3.63) is 222 Å². The highest BCUT2D eigenvalue weighted by Gasteiger charge is 2.48. The second-order valence-corrected chi connectivity index (χ2v) is 16.6. The summed E-state index contributed by atoms with van der Waals surface area (Å²) in [5.41, 5.74) is 8.85. The fourth-order valence-electron chi connectivity index (χ4n) is 8.70. The number of aromatic nitrogens is 3. The molecule has 3 heterocycles. The van der Waals surface area contributed by atoms with Gasteiger partial charge in [-0.1, -0.05) is 170 Å². The number of benzene rings is 8. The quantitative estimate of drug-likeness (QED) is 0.167. The highest BCUT2D eigenvalue weighted by atomic mass is 32.2. The summed E-state index contributed by atoms with van der Waals surface area (Å²) in [5, 5.41) is 2.11. The molecule has 7 heteroatoms. The second kappa shape index (κ2) is 13.6. The highest BCUT2D eigenvalue weighted by molar-refractivity contribution is 7.91. The molecule has 0 saturated carbocycles. The van der Waals surface area contributed by atoms with Gasteiger partial charge in [0, 0.05) is 27.5 Å². The van der Waals surface area contributed by atoms with E-state index >= 15 is 0 Å². The summed E-state index contributed by atoms with van der Waals surface area (Å²) in [4.78, 5) is 15.6. The Morgan fingerprint density at radius 1 is 0.373 bits per heavy atom. The zero-order valence-corrected chi connectivity index (χ0v) is 32.3. The number of para-hydroxylation sites is 1. The molecule has 0 fully saturated rings. The molecule has 0 amide bonds. The number of nitrogens with zero attached hydrogens (tertiary/aromatic N) is 3. The second-order valence-electron chi connectivity index (χ2n) is 14.7. The van der Waals surface area contributed by atoms with Crippen molar-refractivity contribution < 1.29 is 12.8 Å². The number of furan rings is 1. The summed E-state index contributed by atoms with van der Waals surface area (Å²) < 4.78 is 34.3. The molecule has 0 unspecified atom stereocenters. The van der Waals surface area contributed by atoms with Gasteiger partial charge in [0.2, 0.25) is 9.84 Å². The monoisotopic (exact) mass is 779 g/mol. The number of rotatable bonds is 6. The van der Waals surface area contributed by atoms with Crippen molar-refractivity contribution in [2.45, 2.75) is 15.2 Å². The van der Waals surface area contributed by atoms with Crippen LogP contribution in [0.2, 0.25) is 0 Å². The fourth-order valence-corrected chi connectivity index (χ4v) is 10.5. The van der Waals surface area contributed by atoms with Crippen LogP contribution in [0.1, 0.15) is 22.3 Å². The van der Waals surface area contributed by atoms with Crippen molar-refractivity contribution in [1.29, 1.82) is 0 Å². The van der Waals surface area contributed by atoms with Gasteiger partial charge in [-0.2, -0.15) is 0 Å². The molecule has 0 atom stereocenters. The average molecular weight is 780 g/mol. The van der Waals surface area contributed by atoms with E-state index in [1.807, 2.05) is 115 Å². The van der Waals surface area contributed by atoms with Crippen molar-refractivity contribution in [3.8, 4) is 45.3 Å². The van der Waals surface area contributed by atoms with E-state index in [-0.39, 0.29) is 0 Å². The molecule has 0 aliphatic carbocycles. The Labute approximate surface area is 341 Å². The van der Waals surface area contributed by atoms with Gasteiger partial charge in [-0.25, -0.2) is 23.4 Å². The van der Waals surface area contributed by atoms with E-state index in [0.29, 0.717) is 27.3 Å². The van der Waals surface area contributed by atoms with E-state index in [0.717, 1.165) is 72.0 Å². The standard InChI is InChI=1S/C52H33N3O3S/c56-59(57)47-21-11-8-18-43(47)52(39-15-5-2-6-16-39,44-19-9-12-22-48(44)59)40-30-27-35(28-31-40)34-23-25-37(26-24-34)50-53-49(36-13-3-1-4-14-36)54-51(55-50)38-29-32-42-41-17-7-10-20-45(41)58-46(42)33-38/h1-33H. The Balaban J connectivity index is 0.991. The summed E-state index contributed by atoms with van der Waals surface area (Å²) in [6.07, 6.45) is 0. The summed E-state index contributed by atoms with van der Waals surface area (Å²) in [5.74, 6) is 1.71. The first kappa shape index (κ1) is 34.7. The Morgan fingerprint density at radius 2 is 0.814 bits per heavy atom. The Kier molecular flexibility index (Phi) is 8.00. The van der Waals surface area contributed by atoms with Gasteiger partial charge in [-0.3, -0.25) is 0 Å². The third-order valence-electron chi connectivity index (χ3n) is 11.5. The predicted octanol–water partition coefficient (Wildman–Crippen LogP) is 12.0. The molecule has 11 rings (SSSR count). The van der Waals surface area contributed by atoms with Crippen molar-refractivity contribution in [2.24, 2.45) is 0 Å². The van der Waals surface area contributed by atoms with Crippen LogP contribution in [0.15, 0.2) is 214 Å². The molecule has 0 saturated heterocycles. The molecule has 59 heavy (non-hydrogen) atoms. The summed E-state index contributed by atoms with van der Waals surface area (Å²) in [6, 6.07) is 65.8. The minimum absolute atomic E-state index is 0.328. The molecular formula is C52H33N3O3S. The minimum atomic E-state index is -3.74. The first-order valence-corrected chi connectivity index (χ1v) is 20.9. The van der Waals surface area contributed by atoms with Gasteiger partial charge < -0.3 is 4.42 Å². The molecule has 0 bridgehead atoms. The topological polar surface area (TPSA) is 86.0 Å². The Morgan fingerprint density at radius 3 is 1.46 bits per heavy atom. The molecule has 10 aromatic rings. The molecule has 280 valence electrons. The van der Waals surface area contributed by atoms with Gasteiger partial charge in [-0.15, -0.1) is 0 Å². The lowest BCUT2D eigenvalue weighted by Gasteiger charge is -2.41. The lowest BCUT2D eigenvalue weighted by atomic mass is 9.64. The number of sulfone groups is 1. The number of hydrogen-bond donors (Lipinski definition) is 0. The summed E-state index contributed by atoms with van der Waals surface area (Å²) in [7, 11) is -3.74. The van der Waals surface area contributed by atoms with Gasteiger partial charge in [-0.05, 0) is 63.7 Å². The molecule has 1 aliphatic heterocycles. The van der Waals surface area contributed by atoms with E-state index in [9.17, 15) is 8.42 Å². The molecule has 2 aromatic heterocycles. The Bertz CT molecular complexity index is 3270. The molecule has 8 aromatic carbocycles. The van der Waals surface area contributed by atoms with Crippen LogP contribution in [0.4, 0.5) is 0 Å². The maximum Gasteiger partial charge on any atom is 0.207 e. The maximum absolute atomic E-state index is 14.1. The first-order valence-electron chi connectivity index (χ1n) is 19.4. The summed E-state index contributed by atoms with van der Waals surface area (Å²) in [6.45, 7) is 0. The van der Waals surface area contributed by atoms with Crippen LogP contribution in [0.5, 0.6) is 0 Å². The van der Waals surface area contributed by atoms with Gasteiger partial charge >= 0.3 is 0 Å². The maximum atomic E-state index is 14.1. The van der Waals surface area contributed by atoms with Crippen molar-refractivity contribution in [1.82, 2.24) is 15.0 Å². The largest absolute Gasteiger partial charge is 0.456 e. The van der Waals surface area contributed by atoms with Crippen LogP contribution in [-0.2, 0) is 15.3 Å². The van der Waals surface area contributed by atoms with Crippen LogP contribution < -0.4 is 0 Å². The molecule has 0 spiro atoms.